The molecule has 0 aromatic heterocycles. The third kappa shape index (κ3) is 2.46. The maximum absolute atomic E-state index is 10.8. The molecule has 0 saturated carbocycles. The highest BCUT2D eigenvalue weighted by atomic mass is 35.5. The molecule has 1 atom stereocenters. The van der Waals surface area contributed by atoms with Crippen molar-refractivity contribution in [1.29, 1.82) is 0 Å². The van der Waals surface area contributed by atoms with Crippen molar-refractivity contribution in [2.75, 3.05) is 0 Å². The molecule has 0 heterocycles. The SMILES string of the molecule is CC[C@H](C(=O)O)c1ccc(Cl)cc1. The van der Waals surface area contributed by atoms with Crippen molar-refractivity contribution in [3.05, 3.63) is 34.9 Å². The van der Waals surface area contributed by atoms with Crippen LogP contribution in [0, 0.1) is 0 Å². The van der Waals surface area contributed by atoms with E-state index in [1.165, 1.54) is 0 Å². The molecule has 70 valence electrons. The number of rotatable bonds is 3. The summed E-state index contributed by atoms with van der Waals surface area (Å²) < 4.78 is 0. The van der Waals surface area contributed by atoms with Gasteiger partial charge in [0, 0.05) is 5.02 Å². The van der Waals surface area contributed by atoms with Gasteiger partial charge < -0.3 is 5.11 Å². The molecular weight excluding hydrogens is 188 g/mol. The van der Waals surface area contributed by atoms with Gasteiger partial charge in [-0.15, -0.1) is 0 Å². The molecule has 0 bridgehead atoms. The minimum Gasteiger partial charge on any atom is -0.481 e. The fraction of sp³-hybridized carbons (Fsp3) is 0.300. The van der Waals surface area contributed by atoms with Gasteiger partial charge in [-0.2, -0.15) is 0 Å². The lowest BCUT2D eigenvalue weighted by molar-refractivity contribution is -0.138. The van der Waals surface area contributed by atoms with Crippen LogP contribution >= 0.6 is 11.6 Å². The largest absolute Gasteiger partial charge is 0.481 e. The van der Waals surface area contributed by atoms with Crippen LogP contribution in [0.25, 0.3) is 0 Å². The van der Waals surface area contributed by atoms with Crippen molar-refractivity contribution < 1.29 is 9.90 Å². The Morgan fingerprint density at radius 2 is 2.00 bits per heavy atom. The van der Waals surface area contributed by atoms with Crippen molar-refractivity contribution in [2.45, 2.75) is 19.3 Å². The summed E-state index contributed by atoms with van der Waals surface area (Å²) in [5.74, 6) is -1.21. The summed E-state index contributed by atoms with van der Waals surface area (Å²) in [5, 5.41) is 9.49. The van der Waals surface area contributed by atoms with Crippen LogP contribution in [0.5, 0.6) is 0 Å². The Morgan fingerprint density at radius 3 is 2.38 bits per heavy atom. The van der Waals surface area contributed by atoms with Crippen LogP contribution in [0.1, 0.15) is 24.8 Å². The van der Waals surface area contributed by atoms with E-state index in [0.717, 1.165) is 5.56 Å². The van der Waals surface area contributed by atoms with E-state index in [0.29, 0.717) is 11.4 Å². The van der Waals surface area contributed by atoms with Crippen molar-refractivity contribution in [2.24, 2.45) is 0 Å². The van der Waals surface area contributed by atoms with Gasteiger partial charge >= 0.3 is 5.97 Å². The molecule has 0 saturated heterocycles. The number of carboxylic acids is 1. The summed E-state index contributed by atoms with van der Waals surface area (Å²) in [4.78, 5) is 10.8. The highest BCUT2D eigenvalue weighted by Gasteiger charge is 2.16. The van der Waals surface area contributed by atoms with E-state index in [-0.39, 0.29) is 0 Å². The predicted octanol–water partition coefficient (Wildman–Crippen LogP) is 2.92. The van der Waals surface area contributed by atoms with Crippen LogP contribution < -0.4 is 0 Å². The van der Waals surface area contributed by atoms with E-state index in [1.54, 1.807) is 24.3 Å². The topological polar surface area (TPSA) is 37.3 Å². The molecule has 0 radical (unpaired) electrons. The monoisotopic (exact) mass is 198 g/mol. The van der Waals surface area contributed by atoms with Crippen LogP contribution in [-0.4, -0.2) is 11.1 Å². The van der Waals surface area contributed by atoms with Crippen LogP contribution in [0.15, 0.2) is 24.3 Å². The maximum Gasteiger partial charge on any atom is 0.310 e. The lowest BCUT2D eigenvalue weighted by atomic mass is 9.97. The van der Waals surface area contributed by atoms with E-state index in [2.05, 4.69) is 0 Å². The summed E-state index contributed by atoms with van der Waals surface area (Å²) in [6.45, 7) is 1.85. The number of hydrogen-bond donors (Lipinski definition) is 1. The molecule has 0 spiro atoms. The van der Waals surface area contributed by atoms with Crippen LogP contribution in [0.3, 0.4) is 0 Å². The van der Waals surface area contributed by atoms with Crippen molar-refractivity contribution in [3.8, 4) is 0 Å². The second-order valence-electron chi connectivity index (χ2n) is 2.85. The molecule has 0 aliphatic rings. The standard InChI is InChI=1S/C10H11ClO2/c1-2-9(10(12)13)7-3-5-8(11)6-4-7/h3-6,9H,2H2,1H3,(H,12,13)/t9-/m0/s1. The number of halogens is 1. The molecule has 1 aromatic carbocycles. The molecule has 1 aromatic rings. The van der Waals surface area contributed by atoms with Gasteiger partial charge in [-0.1, -0.05) is 30.7 Å². The fourth-order valence-corrected chi connectivity index (χ4v) is 1.37. The molecular formula is C10H11ClO2. The van der Waals surface area contributed by atoms with Gasteiger partial charge in [0.2, 0.25) is 0 Å². The third-order valence-electron chi connectivity index (χ3n) is 1.98. The van der Waals surface area contributed by atoms with E-state index >= 15 is 0 Å². The molecule has 0 unspecified atom stereocenters. The zero-order chi connectivity index (χ0) is 9.84. The summed E-state index contributed by atoms with van der Waals surface area (Å²) >= 11 is 5.69. The Balaban J connectivity index is 2.92. The first-order valence-corrected chi connectivity index (χ1v) is 4.51. The van der Waals surface area contributed by atoms with Crippen molar-refractivity contribution >= 4 is 17.6 Å². The van der Waals surface area contributed by atoms with E-state index in [9.17, 15) is 4.79 Å². The van der Waals surface area contributed by atoms with Crippen LogP contribution in [0.2, 0.25) is 5.02 Å². The number of hydrogen-bond acceptors (Lipinski definition) is 1. The smallest absolute Gasteiger partial charge is 0.310 e. The lowest BCUT2D eigenvalue weighted by Gasteiger charge is -2.09. The van der Waals surface area contributed by atoms with Crippen LogP contribution in [0.4, 0.5) is 0 Å². The van der Waals surface area contributed by atoms with Crippen LogP contribution in [-0.2, 0) is 4.79 Å². The van der Waals surface area contributed by atoms with Gasteiger partial charge in [0.25, 0.3) is 0 Å². The Hall–Kier alpha value is -1.02. The first-order valence-electron chi connectivity index (χ1n) is 4.13. The van der Waals surface area contributed by atoms with Gasteiger partial charge in [0.05, 0.1) is 5.92 Å². The van der Waals surface area contributed by atoms with Crippen molar-refractivity contribution in [3.63, 3.8) is 0 Å². The lowest BCUT2D eigenvalue weighted by Crippen LogP contribution is -2.09. The Kier molecular flexibility index (Phi) is 3.32. The Morgan fingerprint density at radius 1 is 1.46 bits per heavy atom. The first kappa shape index (κ1) is 10.1. The molecule has 3 heteroatoms. The van der Waals surface area contributed by atoms with Gasteiger partial charge in [-0.3, -0.25) is 4.79 Å². The number of aliphatic carboxylic acids is 1. The van der Waals surface area contributed by atoms with E-state index < -0.39 is 11.9 Å². The summed E-state index contributed by atoms with van der Waals surface area (Å²) in [6.07, 6.45) is 0.594. The van der Waals surface area contributed by atoms with Gasteiger partial charge in [0.1, 0.15) is 0 Å². The number of benzene rings is 1. The molecule has 0 aliphatic heterocycles. The molecule has 0 fully saturated rings. The summed E-state index contributed by atoms with van der Waals surface area (Å²) in [6, 6.07) is 6.93. The average molecular weight is 199 g/mol. The van der Waals surface area contributed by atoms with Gasteiger partial charge in [0.15, 0.2) is 0 Å². The molecule has 1 N–H and O–H groups in total. The summed E-state index contributed by atoms with van der Waals surface area (Å²) in [7, 11) is 0. The zero-order valence-corrected chi connectivity index (χ0v) is 8.08. The molecule has 2 nitrogen and oxygen atoms in total. The zero-order valence-electron chi connectivity index (χ0n) is 7.33. The second-order valence-corrected chi connectivity index (χ2v) is 3.29. The number of carboxylic acid groups (broad SMARTS) is 1. The number of carbonyl (C=O) groups is 1. The van der Waals surface area contributed by atoms with Crippen molar-refractivity contribution in [1.82, 2.24) is 0 Å². The highest BCUT2D eigenvalue weighted by Crippen LogP contribution is 2.21. The Labute approximate surface area is 82.2 Å². The fourth-order valence-electron chi connectivity index (χ4n) is 1.25. The van der Waals surface area contributed by atoms with Gasteiger partial charge in [-0.25, -0.2) is 0 Å². The normalized spacial score (nSPS) is 12.5. The first-order chi connectivity index (χ1) is 6.15. The minimum absolute atomic E-state index is 0.419. The maximum atomic E-state index is 10.8. The molecule has 1 rings (SSSR count). The van der Waals surface area contributed by atoms with E-state index in [1.807, 2.05) is 6.92 Å². The Bertz CT molecular complexity index is 292. The minimum atomic E-state index is -0.787. The highest BCUT2D eigenvalue weighted by molar-refractivity contribution is 6.30. The van der Waals surface area contributed by atoms with E-state index in [4.69, 9.17) is 16.7 Å². The summed E-state index contributed by atoms with van der Waals surface area (Å²) in [5.41, 5.74) is 0.805. The molecule has 0 aliphatic carbocycles. The second kappa shape index (κ2) is 4.28. The third-order valence-corrected chi connectivity index (χ3v) is 2.23. The molecule has 0 amide bonds. The molecule has 13 heavy (non-hydrogen) atoms. The quantitative estimate of drug-likeness (QED) is 0.811. The predicted molar refractivity (Wildman–Crippen MR) is 52.1 cm³/mol. The average Bonchev–Trinajstić information content (AvgIpc) is 2.09. The van der Waals surface area contributed by atoms with Gasteiger partial charge in [-0.05, 0) is 24.1 Å².